The van der Waals surface area contributed by atoms with Crippen LogP contribution in [0.1, 0.15) is 6.92 Å². The molecule has 0 bridgehead atoms. The first-order valence-corrected chi connectivity index (χ1v) is 3.57. The zero-order valence-corrected chi connectivity index (χ0v) is 7.48. The highest BCUT2D eigenvalue weighted by Gasteiger charge is 2.51. The quantitative estimate of drug-likeness (QED) is 0.251. The molecule has 1 aliphatic heterocycles. The summed E-state index contributed by atoms with van der Waals surface area (Å²) < 4.78 is 0.677. The minimum absolute atomic E-state index is 0.515. The van der Waals surface area contributed by atoms with Gasteiger partial charge in [0.2, 0.25) is 5.00 Å². The van der Waals surface area contributed by atoms with Crippen LogP contribution in [-0.4, -0.2) is 33.3 Å². The number of alkyl halides is 1. The Morgan fingerprint density at radius 1 is 1.45 bits per heavy atom. The lowest BCUT2D eigenvalue weighted by atomic mass is 10.3. The number of likely N-dealkylation sites (N-methyl/N-ethyl adjacent to an activating group) is 1. The third-order valence-electron chi connectivity index (χ3n) is 1.52. The monoisotopic (exact) mass is 196 g/mol. The van der Waals surface area contributed by atoms with Crippen LogP contribution < -0.4 is 0 Å². The molecule has 1 atom stereocenters. The van der Waals surface area contributed by atoms with Gasteiger partial charge in [0.05, 0.1) is 0 Å². The molecule has 3 amide bonds. The summed E-state index contributed by atoms with van der Waals surface area (Å²) in [5, 5.41) is 0. The highest BCUT2D eigenvalue weighted by molar-refractivity contribution is 6.43. The van der Waals surface area contributed by atoms with Crippen LogP contribution in [0.15, 0.2) is 0 Å². The lowest BCUT2D eigenvalue weighted by Gasteiger charge is -2.16. The third kappa shape index (κ3) is 0.973. The molecular weight excluding hydrogens is 191 g/mol. The van der Waals surface area contributed by atoms with Gasteiger partial charge in [-0.15, -0.1) is 0 Å². The number of nitrogens with zero attached hydrogens (tertiary/aromatic N) is 2. The Labute approximate surface area is 73.8 Å². The van der Waals surface area contributed by atoms with Crippen molar-refractivity contribution in [3.8, 4) is 0 Å². The van der Waals surface area contributed by atoms with Crippen molar-refractivity contribution < 1.29 is 9.59 Å². The predicted molar refractivity (Wildman–Crippen MR) is 40.1 cm³/mol. The van der Waals surface area contributed by atoms with Crippen molar-refractivity contribution in [2.24, 2.45) is 0 Å². The van der Waals surface area contributed by atoms with Crippen LogP contribution in [0.3, 0.4) is 0 Å². The second-order valence-corrected chi connectivity index (χ2v) is 3.46. The van der Waals surface area contributed by atoms with E-state index in [1.54, 1.807) is 0 Å². The molecule has 11 heavy (non-hydrogen) atoms. The van der Waals surface area contributed by atoms with Gasteiger partial charge in [-0.05, 0) is 6.92 Å². The number of rotatable bonds is 0. The summed E-state index contributed by atoms with van der Waals surface area (Å²) in [6.45, 7) is 1.37. The molecule has 6 heteroatoms. The van der Waals surface area contributed by atoms with Gasteiger partial charge in [-0.3, -0.25) is 9.69 Å². The summed E-state index contributed by atoms with van der Waals surface area (Å²) in [7, 11) is 1.33. The van der Waals surface area contributed by atoms with E-state index in [1.807, 2.05) is 0 Å². The van der Waals surface area contributed by atoms with Crippen molar-refractivity contribution >= 4 is 35.3 Å². The number of imide groups is 1. The average molecular weight is 197 g/mol. The standard InChI is InChI=1S/C5H6Cl2N2O2/c1-5(6)3(10)8(2)4(11)9(5)7/h1-2H3. The molecular formula is C5H6Cl2N2O2. The van der Waals surface area contributed by atoms with E-state index in [0.717, 1.165) is 4.90 Å². The maximum atomic E-state index is 11.1. The van der Waals surface area contributed by atoms with E-state index in [4.69, 9.17) is 23.4 Å². The summed E-state index contributed by atoms with van der Waals surface area (Å²) in [5.41, 5.74) is 0. The van der Waals surface area contributed by atoms with Crippen molar-refractivity contribution in [3.05, 3.63) is 0 Å². The lowest BCUT2D eigenvalue weighted by Crippen LogP contribution is -2.35. The first-order chi connectivity index (χ1) is 4.89. The van der Waals surface area contributed by atoms with Crippen LogP contribution in [0, 0.1) is 0 Å². The smallest absolute Gasteiger partial charge is 0.270 e. The highest BCUT2D eigenvalue weighted by Crippen LogP contribution is 2.31. The molecule has 0 saturated carbocycles. The molecule has 1 saturated heterocycles. The fourth-order valence-electron chi connectivity index (χ4n) is 0.788. The van der Waals surface area contributed by atoms with Crippen LogP contribution in [0.2, 0.25) is 0 Å². The maximum Gasteiger partial charge on any atom is 0.343 e. The molecule has 0 spiro atoms. The molecule has 0 aromatic carbocycles. The minimum Gasteiger partial charge on any atom is -0.270 e. The lowest BCUT2D eigenvalue weighted by molar-refractivity contribution is -0.127. The molecule has 4 nitrogen and oxygen atoms in total. The topological polar surface area (TPSA) is 40.6 Å². The molecule has 0 aromatic heterocycles. The first kappa shape index (κ1) is 8.62. The van der Waals surface area contributed by atoms with Crippen molar-refractivity contribution in [1.29, 1.82) is 0 Å². The summed E-state index contributed by atoms with van der Waals surface area (Å²) in [6, 6.07) is -0.603. The van der Waals surface area contributed by atoms with Gasteiger partial charge in [0, 0.05) is 18.8 Å². The van der Waals surface area contributed by atoms with E-state index in [1.165, 1.54) is 14.0 Å². The van der Waals surface area contributed by atoms with Crippen LogP contribution in [0.4, 0.5) is 4.79 Å². The summed E-state index contributed by atoms with van der Waals surface area (Å²) >= 11 is 11.1. The van der Waals surface area contributed by atoms with Gasteiger partial charge < -0.3 is 0 Å². The molecule has 1 aliphatic rings. The third-order valence-corrected chi connectivity index (χ3v) is 2.42. The Hall–Kier alpha value is -0.480. The molecule has 0 radical (unpaired) electrons. The Bertz CT molecular complexity index is 229. The number of hydrogen-bond donors (Lipinski definition) is 0. The van der Waals surface area contributed by atoms with Crippen LogP contribution in [0.25, 0.3) is 0 Å². The van der Waals surface area contributed by atoms with Crippen LogP contribution in [0.5, 0.6) is 0 Å². The summed E-state index contributed by atoms with van der Waals surface area (Å²) in [4.78, 5) is 21.5. The highest BCUT2D eigenvalue weighted by atomic mass is 35.5. The van der Waals surface area contributed by atoms with Crippen molar-refractivity contribution in [2.75, 3.05) is 7.05 Å². The molecule has 62 valence electrons. The van der Waals surface area contributed by atoms with Crippen molar-refractivity contribution in [2.45, 2.75) is 11.9 Å². The van der Waals surface area contributed by atoms with Gasteiger partial charge in [-0.1, -0.05) is 11.6 Å². The zero-order chi connectivity index (χ0) is 8.81. The second kappa shape index (κ2) is 2.25. The Kier molecular flexibility index (Phi) is 1.76. The Balaban J connectivity index is 3.06. The molecule has 0 aliphatic carbocycles. The minimum atomic E-state index is -1.44. The van der Waals surface area contributed by atoms with Gasteiger partial charge >= 0.3 is 6.03 Å². The Morgan fingerprint density at radius 3 is 2.00 bits per heavy atom. The number of hydrogen-bond acceptors (Lipinski definition) is 2. The fourth-order valence-corrected chi connectivity index (χ4v) is 1.17. The molecule has 1 unspecified atom stereocenters. The molecule has 1 fully saturated rings. The molecule has 1 rings (SSSR count). The van der Waals surface area contributed by atoms with Crippen molar-refractivity contribution in [1.82, 2.24) is 9.32 Å². The molecule has 1 heterocycles. The van der Waals surface area contributed by atoms with Gasteiger partial charge in [0.25, 0.3) is 5.91 Å². The second-order valence-electron chi connectivity index (χ2n) is 2.38. The van der Waals surface area contributed by atoms with E-state index in [9.17, 15) is 9.59 Å². The normalized spacial score (nSPS) is 32.0. The zero-order valence-electron chi connectivity index (χ0n) is 5.97. The maximum absolute atomic E-state index is 11.1. The molecule has 0 N–H and O–H groups in total. The van der Waals surface area contributed by atoms with Gasteiger partial charge in [0.1, 0.15) is 0 Å². The fraction of sp³-hybridized carbons (Fsp3) is 0.600. The SMILES string of the molecule is CN1C(=O)N(Cl)C(C)(Cl)C1=O. The number of carbonyl (C=O) groups is 2. The van der Waals surface area contributed by atoms with Gasteiger partial charge in [-0.2, -0.15) is 0 Å². The largest absolute Gasteiger partial charge is 0.343 e. The van der Waals surface area contributed by atoms with E-state index in [-0.39, 0.29) is 0 Å². The van der Waals surface area contributed by atoms with Gasteiger partial charge in [0.15, 0.2) is 0 Å². The summed E-state index contributed by atoms with van der Waals surface area (Å²) in [6.07, 6.45) is 0. The van der Waals surface area contributed by atoms with Gasteiger partial charge in [-0.25, -0.2) is 9.21 Å². The summed E-state index contributed by atoms with van der Waals surface area (Å²) in [5.74, 6) is -0.515. The van der Waals surface area contributed by atoms with Crippen LogP contribution >= 0.6 is 23.4 Å². The predicted octanol–water partition coefficient (Wildman–Crippen LogP) is 0.989. The molecule has 0 aromatic rings. The van der Waals surface area contributed by atoms with E-state index in [0.29, 0.717) is 4.42 Å². The Morgan fingerprint density at radius 2 is 1.91 bits per heavy atom. The first-order valence-electron chi connectivity index (χ1n) is 2.86. The van der Waals surface area contributed by atoms with E-state index in [2.05, 4.69) is 0 Å². The average Bonchev–Trinajstić information content (AvgIpc) is 2.06. The van der Waals surface area contributed by atoms with Crippen LogP contribution in [-0.2, 0) is 4.79 Å². The number of halogens is 2. The van der Waals surface area contributed by atoms with E-state index < -0.39 is 16.9 Å². The van der Waals surface area contributed by atoms with Crippen molar-refractivity contribution in [3.63, 3.8) is 0 Å². The number of amides is 3. The number of urea groups is 1. The number of carbonyl (C=O) groups excluding carboxylic acids is 2. The van der Waals surface area contributed by atoms with E-state index >= 15 is 0 Å².